The molecule has 2 heterocycles. The molecule has 0 bridgehead atoms. The fraction of sp³-hybridized carbons (Fsp3) is 0.375. The average molecular weight is 468 g/mol. The number of carbonyl (C=O) groups excluding carboxylic acids is 1. The van der Waals surface area contributed by atoms with Gasteiger partial charge in [0.05, 0.1) is 30.3 Å². The van der Waals surface area contributed by atoms with Crippen LogP contribution in [0.15, 0.2) is 35.9 Å². The van der Waals surface area contributed by atoms with Gasteiger partial charge in [-0.25, -0.2) is 13.1 Å². The van der Waals surface area contributed by atoms with Crippen molar-refractivity contribution in [2.75, 3.05) is 30.6 Å². The van der Waals surface area contributed by atoms with Gasteiger partial charge in [0.25, 0.3) is 5.91 Å². The number of pyridine rings is 1. The molecule has 1 amide bonds. The van der Waals surface area contributed by atoms with Crippen LogP contribution in [0.5, 0.6) is 0 Å². The average Bonchev–Trinajstić information content (AvgIpc) is 3.07. The van der Waals surface area contributed by atoms with Crippen LogP contribution in [0, 0.1) is 0 Å². The summed E-state index contributed by atoms with van der Waals surface area (Å²) in [6.45, 7) is 0. The number of rotatable bonds is 8. The Kier molecular flexibility index (Phi) is 7.42. The molecule has 2 aromatic rings. The zero-order chi connectivity index (χ0) is 22.5. The first-order valence-electron chi connectivity index (χ1n) is 8.24. The number of aromatic nitrogens is 3. The van der Waals surface area contributed by atoms with Gasteiger partial charge in [-0.15, -0.1) is 0 Å². The van der Waals surface area contributed by atoms with Crippen LogP contribution in [-0.4, -0.2) is 66.6 Å². The lowest BCUT2D eigenvalue weighted by molar-refractivity contribution is -0.129. The molecule has 0 fully saturated rings. The van der Waals surface area contributed by atoms with Crippen LogP contribution in [-0.2, 0) is 19.5 Å². The quantitative estimate of drug-likeness (QED) is 0.435. The zero-order valence-corrected chi connectivity index (χ0v) is 17.4. The van der Waals surface area contributed by atoms with Gasteiger partial charge in [0, 0.05) is 13.2 Å². The third kappa shape index (κ3) is 6.42. The number of oxime groups is 1. The van der Waals surface area contributed by atoms with Gasteiger partial charge < -0.3 is 9.74 Å². The lowest BCUT2D eigenvalue weighted by Gasteiger charge is -2.16. The number of nitrogens with zero attached hydrogens (tertiary/aromatic N) is 5. The van der Waals surface area contributed by atoms with E-state index >= 15 is 0 Å². The summed E-state index contributed by atoms with van der Waals surface area (Å²) in [5.41, 5.74) is 0.0568. The minimum Gasteiger partial charge on any atom is -0.399 e. The molecule has 0 aliphatic heterocycles. The van der Waals surface area contributed by atoms with Crippen molar-refractivity contribution in [3.63, 3.8) is 0 Å². The molecule has 0 atom stereocenters. The summed E-state index contributed by atoms with van der Waals surface area (Å²) >= 11 is 6.09. The van der Waals surface area contributed by atoms with Crippen LogP contribution in [0.1, 0.15) is 6.42 Å². The van der Waals surface area contributed by atoms with E-state index in [2.05, 4.69) is 20.1 Å². The summed E-state index contributed by atoms with van der Waals surface area (Å²) in [5, 5.41) is 7.36. The molecule has 14 heteroatoms. The van der Waals surface area contributed by atoms with Crippen molar-refractivity contribution < 1.29 is 31.2 Å². The predicted molar refractivity (Wildman–Crippen MR) is 104 cm³/mol. The SMILES string of the molecule is CON=C(CS(=O)(=O)CCC(F)(F)F)C(=O)N(C)c1cn(-c2cccnc2)nc1Cl. The minimum absolute atomic E-state index is 0.0774. The Hall–Kier alpha value is -2.67. The van der Waals surface area contributed by atoms with Gasteiger partial charge in [-0.1, -0.05) is 16.8 Å². The van der Waals surface area contributed by atoms with Crippen molar-refractivity contribution in [1.82, 2.24) is 14.8 Å². The highest BCUT2D eigenvalue weighted by Gasteiger charge is 2.32. The predicted octanol–water partition coefficient (Wildman–Crippen LogP) is 2.25. The molecule has 2 aromatic heterocycles. The number of anilines is 1. The van der Waals surface area contributed by atoms with Gasteiger partial charge in [0.2, 0.25) is 0 Å². The van der Waals surface area contributed by atoms with Gasteiger partial charge in [-0.05, 0) is 12.1 Å². The van der Waals surface area contributed by atoms with Crippen LogP contribution < -0.4 is 4.90 Å². The summed E-state index contributed by atoms with van der Waals surface area (Å²) < 4.78 is 62.4. The molecule has 0 aliphatic carbocycles. The molecule has 2 rings (SSSR count). The first-order chi connectivity index (χ1) is 13.9. The lowest BCUT2D eigenvalue weighted by Crippen LogP contribution is -2.38. The standard InChI is InChI=1S/C16H17ClF3N5O4S/c1-24(13-9-25(22-14(13)17)11-4-3-6-21-8-11)15(26)12(23-29-2)10-30(27,28)7-5-16(18,19)20/h3-4,6,8-9H,5,7,10H2,1-2H3. The molecule has 0 aromatic carbocycles. The Morgan fingerprint density at radius 2 is 2.10 bits per heavy atom. The summed E-state index contributed by atoms with van der Waals surface area (Å²) in [7, 11) is -1.93. The number of hydrogen-bond donors (Lipinski definition) is 0. The molecule has 0 aliphatic rings. The highest BCUT2D eigenvalue weighted by Crippen LogP contribution is 2.25. The number of hydrogen-bond acceptors (Lipinski definition) is 7. The molecule has 164 valence electrons. The van der Waals surface area contributed by atoms with E-state index in [1.165, 1.54) is 24.1 Å². The summed E-state index contributed by atoms with van der Waals surface area (Å²) in [6, 6.07) is 3.35. The van der Waals surface area contributed by atoms with Gasteiger partial charge in [-0.3, -0.25) is 9.78 Å². The first kappa shape index (κ1) is 23.6. The second-order valence-corrected chi connectivity index (χ2v) is 8.54. The maximum absolute atomic E-state index is 12.7. The molecule has 0 unspecified atom stereocenters. The number of halogens is 4. The molecule has 30 heavy (non-hydrogen) atoms. The molecule has 0 spiro atoms. The van der Waals surface area contributed by atoms with Crippen molar-refractivity contribution in [2.45, 2.75) is 12.6 Å². The topological polar surface area (TPSA) is 107 Å². The van der Waals surface area contributed by atoms with Crippen LogP contribution >= 0.6 is 11.6 Å². The van der Waals surface area contributed by atoms with E-state index in [0.717, 1.165) is 12.0 Å². The molecular weight excluding hydrogens is 451 g/mol. The van der Waals surface area contributed by atoms with Gasteiger partial charge >= 0.3 is 6.18 Å². The van der Waals surface area contributed by atoms with E-state index in [-0.39, 0.29) is 10.8 Å². The molecule has 9 nitrogen and oxygen atoms in total. The van der Waals surface area contributed by atoms with Crippen molar-refractivity contribution in [3.05, 3.63) is 35.9 Å². The van der Waals surface area contributed by atoms with Crippen LogP contribution in [0.2, 0.25) is 5.15 Å². The first-order valence-corrected chi connectivity index (χ1v) is 10.4. The van der Waals surface area contributed by atoms with Crippen LogP contribution in [0.25, 0.3) is 5.69 Å². The van der Waals surface area contributed by atoms with E-state index in [4.69, 9.17) is 11.6 Å². The third-order valence-electron chi connectivity index (χ3n) is 3.73. The lowest BCUT2D eigenvalue weighted by atomic mass is 10.3. The Balaban J connectivity index is 2.24. The van der Waals surface area contributed by atoms with Gasteiger partial charge in [-0.2, -0.15) is 18.3 Å². The minimum atomic E-state index is -4.65. The van der Waals surface area contributed by atoms with Crippen LogP contribution in [0.4, 0.5) is 18.9 Å². The van der Waals surface area contributed by atoms with Gasteiger partial charge in [0.15, 0.2) is 20.7 Å². The maximum Gasteiger partial charge on any atom is 0.390 e. The normalized spacial score (nSPS) is 12.7. The Bertz CT molecular complexity index is 1030. The van der Waals surface area contributed by atoms with E-state index in [1.54, 1.807) is 18.3 Å². The maximum atomic E-state index is 12.7. The smallest absolute Gasteiger partial charge is 0.390 e. The highest BCUT2D eigenvalue weighted by atomic mass is 35.5. The molecule has 0 radical (unpaired) electrons. The second-order valence-electron chi connectivity index (χ2n) is 6.00. The fourth-order valence-electron chi connectivity index (χ4n) is 2.28. The third-order valence-corrected chi connectivity index (χ3v) is 5.54. The van der Waals surface area contributed by atoms with Crippen molar-refractivity contribution in [3.8, 4) is 5.69 Å². The number of carbonyl (C=O) groups is 1. The second kappa shape index (κ2) is 9.43. The van der Waals surface area contributed by atoms with Crippen molar-refractivity contribution in [2.24, 2.45) is 5.16 Å². The monoisotopic (exact) mass is 467 g/mol. The summed E-state index contributed by atoms with van der Waals surface area (Å²) in [6.07, 6.45) is -1.73. The largest absolute Gasteiger partial charge is 0.399 e. The highest BCUT2D eigenvalue weighted by molar-refractivity contribution is 7.92. The molecule has 0 saturated heterocycles. The molecular formula is C16H17ClF3N5O4S. The zero-order valence-electron chi connectivity index (χ0n) is 15.8. The number of amides is 1. The van der Waals surface area contributed by atoms with Crippen molar-refractivity contribution in [1.29, 1.82) is 0 Å². The molecule has 0 saturated carbocycles. The summed E-state index contributed by atoms with van der Waals surface area (Å²) in [5.74, 6) is -3.15. The Morgan fingerprint density at radius 3 is 2.67 bits per heavy atom. The van der Waals surface area contributed by atoms with E-state index < -0.39 is 45.6 Å². The molecule has 0 N–H and O–H groups in total. The Morgan fingerprint density at radius 1 is 1.40 bits per heavy atom. The number of sulfone groups is 1. The van der Waals surface area contributed by atoms with Crippen molar-refractivity contribution >= 4 is 38.7 Å². The van der Waals surface area contributed by atoms with E-state index in [0.29, 0.717) is 5.69 Å². The van der Waals surface area contributed by atoms with E-state index in [9.17, 15) is 26.4 Å². The summed E-state index contributed by atoms with van der Waals surface area (Å²) in [4.78, 5) is 22.1. The van der Waals surface area contributed by atoms with Crippen LogP contribution in [0.3, 0.4) is 0 Å². The number of alkyl halides is 3. The fourth-order valence-corrected chi connectivity index (χ4v) is 3.82. The van der Waals surface area contributed by atoms with Gasteiger partial charge in [0.1, 0.15) is 18.6 Å². The van der Waals surface area contributed by atoms with E-state index in [1.807, 2.05) is 0 Å². The Labute approximate surface area is 175 Å².